The first kappa shape index (κ1) is 17.9. The Morgan fingerprint density at radius 1 is 1.29 bits per heavy atom. The summed E-state index contributed by atoms with van der Waals surface area (Å²) in [6.45, 7) is 0. The van der Waals surface area contributed by atoms with E-state index in [2.05, 4.69) is 30.1 Å². The zero-order valence-corrected chi connectivity index (χ0v) is 15.7. The maximum Gasteiger partial charge on any atom is 0.358 e. The molecule has 0 atom stereocenters. The summed E-state index contributed by atoms with van der Waals surface area (Å²) in [5, 5.41) is 18.2. The Morgan fingerprint density at radius 3 is 3.07 bits per heavy atom. The van der Waals surface area contributed by atoms with E-state index in [0.29, 0.717) is 11.0 Å². The van der Waals surface area contributed by atoms with Gasteiger partial charge >= 0.3 is 5.97 Å². The fourth-order valence-corrected chi connectivity index (χ4v) is 3.24. The molecule has 9 nitrogen and oxygen atoms in total. The van der Waals surface area contributed by atoms with E-state index < -0.39 is 5.97 Å². The van der Waals surface area contributed by atoms with E-state index in [9.17, 15) is 4.79 Å². The summed E-state index contributed by atoms with van der Waals surface area (Å²) in [5.74, 6) is -0.0234. The van der Waals surface area contributed by atoms with Crippen molar-refractivity contribution in [1.82, 2.24) is 29.6 Å². The predicted octanol–water partition coefficient (Wildman–Crippen LogP) is 2.44. The van der Waals surface area contributed by atoms with Gasteiger partial charge in [0.2, 0.25) is 5.16 Å². The molecule has 28 heavy (non-hydrogen) atoms. The van der Waals surface area contributed by atoms with Crippen molar-refractivity contribution < 1.29 is 9.53 Å². The Kier molecular flexibility index (Phi) is 5.11. The fourth-order valence-electron chi connectivity index (χ4n) is 2.52. The fraction of sp³-hybridized carbons (Fsp3) is 0.111. The second-order valence-corrected chi connectivity index (χ2v) is 6.54. The van der Waals surface area contributed by atoms with Gasteiger partial charge < -0.3 is 4.74 Å². The lowest BCUT2D eigenvalue weighted by atomic mass is 10.1. The average molecular weight is 393 g/mol. The van der Waals surface area contributed by atoms with Crippen LogP contribution in [0.15, 0.2) is 65.4 Å². The van der Waals surface area contributed by atoms with Gasteiger partial charge in [0.1, 0.15) is 6.33 Å². The predicted molar refractivity (Wildman–Crippen MR) is 104 cm³/mol. The Hall–Kier alpha value is -3.53. The summed E-state index contributed by atoms with van der Waals surface area (Å²) in [5.41, 5.74) is 2.11. The molecule has 0 radical (unpaired) electrons. The number of fused-ring (bicyclic) bond motifs is 1. The molecule has 0 unspecified atom stereocenters. The van der Waals surface area contributed by atoms with Crippen LogP contribution in [0.1, 0.15) is 16.1 Å². The molecule has 4 aromatic rings. The largest absolute Gasteiger partial charge is 0.464 e. The Balaban J connectivity index is 1.49. The average Bonchev–Trinajstić information content (AvgIpc) is 3.39. The molecule has 10 heteroatoms. The molecular weight excluding hydrogens is 378 g/mol. The number of esters is 1. The van der Waals surface area contributed by atoms with E-state index in [0.717, 1.165) is 16.5 Å². The van der Waals surface area contributed by atoms with Gasteiger partial charge in [-0.3, -0.25) is 9.67 Å². The van der Waals surface area contributed by atoms with Crippen LogP contribution < -0.4 is 0 Å². The molecule has 140 valence electrons. The highest BCUT2D eigenvalue weighted by Crippen LogP contribution is 2.18. The summed E-state index contributed by atoms with van der Waals surface area (Å²) in [7, 11) is 1.32. The van der Waals surface area contributed by atoms with Gasteiger partial charge in [-0.05, 0) is 18.2 Å². The zero-order chi connectivity index (χ0) is 19.3. The zero-order valence-electron chi connectivity index (χ0n) is 14.8. The number of hydrogen-bond acceptors (Lipinski definition) is 8. The number of nitrogens with zero attached hydrogens (tertiary/aromatic N) is 7. The second-order valence-electron chi connectivity index (χ2n) is 5.63. The number of ether oxygens (including phenoxy) is 1. The number of para-hydroxylation sites is 1. The number of benzene rings is 1. The van der Waals surface area contributed by atoms with Crippen molar-refractivity contribution in [2.75, 3.05) is 7.11 Å². The topological polar surface area (TPSA) is 100 Å². The number of pyridine rings is 1. The minimum Gasteiger partial charge on any atom is -0.464 e. The van der Waals surface area contributed by atoms with Crippen molar-refractivity contribution in [1.29, 1.82) is 0 Å². The number of carbonyl (C=O) groups is 1. The van der Waals surface area contributed by atoms with Crippen LogP contribution in [0.4, 0.5) is 0 Å². The molecule has 4 rings (SSSR count). The molecular formula is C18H15N7O2S. The minimum absolute atomic E-state index is 0.257. The molecule has 0 bridgehead atoms. The highest BCUT2D eigenvalue weighted by molar-refractivity contribution is 7.98. The highest BCUT2D eigenvalue weighted by atomic mass is 32.2. The number of methoxy groups -OCH3 is 1. The molecule has 0 aliphatic carbocycles. The number of aromatic nitrogens is 6. The summed E-state index contributed by atoms with van der Waals surface area (Å²) >= 11 is 1.39. The van der Waals surface area contributed by atoms with Gasteiger partial charge in [-0.2, -0.15) is 14.9 Å². The van der Waals surface area contributed by atoms with E-state index >= 15 is 0 Å². The van der Waals surface area contributed by atoms with E-state index in [1.807, 2.05) is 30.3 Å². The van der Waals surface area contributed by atoms with Crippen molar-refractivity contribution in [3.63, 3.8) is 0 Å². The van der Waals surface area contributed by atoms with E-state index in [4.69, 9.17) is 0 Å². The number of carbonyl (C=O) groups excluding carboxylic acids is 1. The molecule has 0 saturated carbocycles. The molecule has 0 spiro atoms. The van der Waals surface area contributed by atoms with Crippen LogP contribution in [0.2, 0.25) is 0 Å². The number of hydrogen-bond donors (Lipinski definition) is 0. The van der Waals surface area contributed by atoms with Gasteiger partial charge in [-0.1, -0.05) is 30.0 Å². The first-order valence-corrected chi connectivity index (χ1v) is 9.26. The lowest BCUT2D eigenvalue weighted by molar-refractivity contribution is 0.0593. The summed E-state index contributed by atoms with van der Waals surface area (Å²) in [6, 6.07) is 11.4. The van der Waals surface area contributed by atoms with Gasteiger partial charge in [0, 0.05) is 23.3 Å². The molecule has 0 amide bonds. The Bertz CT molecular complexity index is 1150. The van der Waals surface area contributed by atoms with Crippen molar-refractivity contribution >= 4 is 34.8 Å². The normalized spacial score (nSPS) is 11.3. The SMILES string of the molecule is COC(=O)c1ccn(CSc2nncn2N=Cc2ccnc3ccccc23)n1. The molecule has 0 saturated heterocycles. The standard InChI is InChI=1S/C18H15N7O2S/c1-27-17(26)16-7-9-24(23-16)12-28-18-22-20-11-25(18)21-10-13-6-8-19-15-5-3-2-4-14(13)15/h2-11H,12H2,1H3. The van der Waals surface area contributed by atoms with Crippen LogP contribution in [-0.4, -0.2) is 48.9 Å². The third-order valence-corrected chi connectivity index (χ3v) is 4.79. The van der Waals surface area contributed by atoms with Crippen molar-refractivity contribution in [3.05, 3.63) is 66.4 Å². The van der Waals surface area contributed by atoms with E-state index in [1.54, 1.807) is 34.0 Å². The first-order valence-electron chi connectivity index (χ1n) is 8.27. The van der Waals surface area contributed by atoms with Crippen molar-refractivity contribution in [2.24, 2.45) is 5.10 Å². The molecule has 3 aromatic heterocycles. The maximum absolute atomic E-state index is 11.5. The van der Waals surface area contributed by atoms with Crippen LogP contribution >= 0.6 is 11.8 Å². The highest BCUT2D eigenvalue weighted by Gasteiger charge is 2.10. The first-order chi connectivity index (χ1) is 13.7. The van der Waals surface area contributed by atoms with Crippen LogP contribution in [0.5, 0.6) is 0 Å². The third-order valence-electron chi connectivity index (χ3n) is 3.87. The number of rotatable bonds is 6. The monoisotopic (exact) mass is 393 g/mol. The molecule has 0 aliphatic rings. The molecule has 1 aromatic carbocycles. The van der Waals surface area contributed by atoms with Gasteiger partial charge in [-0.25, -0.2) is 4.79 Å². The lowest BCUT2D eigenvalue weighted by Gasteiger charge is -2.02. The second kappa shape index (κ2) is 8.01. The number of thioether (sulfide) groups is 1. The van der Waals surface area contributed by atoms with Crippen molar-refractivity contribution in [3.8, 4) is 0 Å². The smallest absolute Gasteiger partial charge is 0.358 e. The summed E-state index contributed by atoms with van der Waals surface area (Å²) < 4.78 is 7.86. The third kappa shape index (κ3) is 3.76. The summed E-state index contributed by atoms with van der Waals surface area (Å²) in [4.78, 5) is 15.8. The molecule has 0 fully saturated rings. The quantitative estimate of drug-likeness (QED) is 0.282. The Labute approximate surface area is 164 Å². The minimum atomic E-state index is -0.471. The summed E-state index contributed by atoms with van der Waals surface area (Å²) in [6.07, 6.45) is 6.74. The van der Waals surface area contributed by atoms with Gasteiger partial charge in [0.25, 0.3) is 0 Å². The molecule has 0 N–H and O–H groups in total. The van der Waals surface area contributed by atoms with Gasteiger partial charge in [0.05, 0.1) is 24.7 Å². The maximum atomic E-state index is 11.5. The van der Waals surface area contributed by atoms with Gasteiger partial charge in [-0.15, -0.1) is 10.2 Å². The van der Waals surface area contributed by atoms with Crippen LogP contribution in [-0.2, 0) is 10.6 Å². The van der Waals surface area contributed by atoms with Crippen LogP contribution in [0, 0.1) is 0 Å². The van der Waals surface area contributed by atoms with Crippen LogP contribution in [0.3, 0.4) is 0 Å². The van der Waals surface area contributed by atoms with Gasteiger partial charge in [0.15, 0.2) is 5.69 Å². The van der Waals surface area contributed by atoms with E-state index in [-0.39, 0.29) is 5.69 Å². The molecule has 3 heterocycles. The molecule has 0 aliphatic heterocycles. The lowest BCUT2D eigenvalue weighted by Crippen LogP contribution is -2.04. The van der Waals surface area contributed by atoms with Crippen molar-refractivity contribution in [2.45, 2.75) is 11.0 Å². The van der Waals surface area contributed by atoms with Crippen LogP contribution in [0.25, 0.3) is 10.9 Å². The van der Waals surface area contributed by atoms with E-state index in [1.165, 1.54) is 25.2 Å². The Morgan fingerprint density at radius 2 is 2.18 bits per heavy atom.